The third-order valence-corrected chi connectivity index (χ3v) is 9.78. The van der Waals surface area contributed by atoms with Gasteiger partial charge in [-0.15, -0.1) is 11.3 Å². The number of piperidine rings is 1. The second-order valence-electron chi connectivity index (χ2n) is 9.50. The Morgan fingerprint density at radius 1 is 1.19 bits per heavy atom. The predicted molar refractivity (Wildman–Crippen MR) is 137 cm³/mol. The number of likely N-dealkylation sites (tertiary alicyclic amines) is 1. The maximum absolute atomic E-state index is 13.2. The Morgan fingerprint density at radius 3 is 2.61 bits per heavy atom. The highest BCUT2D eigenvalue weighted by Crippen LogP contribution is 2.33. The lowest BCUT2D eigenvalue weighted by Gasteiger charge is -2.29. The molecule has 194 valence electrons. The van der Waals surface area contributed by atoms with E-state index in [-0.39, 0.29) is 28.0 Å². The van der Waals surface area contributed by atoms with Gasteiger partial charge in [-0.3, -0.25) is 15.0 Å². The van der Waals surface area contributed by atoms with Crippen LogP contribution in [0.3, 0.4) is 0 Å². The van der Waals surface area contributed by atoms with Crippen LogP contribution >= 0.6 is 11.3 Å². The number of carbonyl (C=O) groups is 1. The fraction of sp³-hybridized carbons (Fsp3) is 0.542. The Labute approximate surface area is 214 Å². The van der Waals surface area contributed by atoms with Gasteiger partial charge in [-0.1, -0.05) is 17.3 Å². The lowest BCUT2D eigenvalue weighted by molar-refractivity contribution is -0.110. The molecule has 1 atom stereocenters. The molecule has 2 aromatic rings. The first kappa shape index (κ1) is 25.3. The summed E-state index contributed by atoms with van der Waals surface area (Å²) in [7, 11) is -3.32. The molecule has 1 aliphatic carbocycles. The number of hydrogen-bond donors (Lipinski definition) is 2. The number of amides is 1. The number of oxime groups is 1. The van der Waals surface area contributed by atoms with Gasteiger partial charge in [-0.25, -0.2) is 13.4 Å². The first-order valence-electron chi connectivity index (χ1n) is 12.3. The normalized spacial score (nSPS) is 22.0. The zero-order chi connectivity index (χ0) is 25.1. The van der Waals surface area contributed by atoms with E-state index in [9.17, 15) is 13.2 Å². The first-order chi connectivity index (χ1) is 17.4. The number of carbonyl (C=O) groups excluding carboxylic acids is 1. The van der Waals surface area contributed by atoms with Crippen LogP contribution in [-0.2, 0) is 30.8 Å². The summed E-state index contributed by atoms with van der Waals surface area (Å²) in [5, 5.41) is 7.14. The van der Waals surface area contributed by atoms with Crippen molar-refractivity contribution in [2.75, 3.05) is 31.6 Å². The highest BCUT2D eigenvalue weighted by Gasteiger charge is 2.36. The SMILES string of the molecule is NC1CCN(Cc2cnc(NC(=O)/C(=N/O[C@@H]3CCOC3)c3ccc(S(=O)(=O)C4CC4)cc3)s2)CC1. The van der Waals surface area contributed by atoms with Crippen LogP contribution in [0.2, 0.25) is 0 Å². The Morgan fingerprint density at radius 2 is 1.94 bits per heavy atom. The van der Waals surface area contributed by atoms with E-state index in [1.807, 2.05) is 0 Å². The summed E-state index contributed by atoms with van der Waals surface area (Å²) >= 11 is 1.42. The van der Waals surface area contributed by atoms with Crippen molar-refractivity contribution in [3.63, 3.8) is 0 Å². The van der Waals surface area contributed by atoms with Crippen LogP contribution in [-0.4, -0.2) is 73.6 Å². The van der Waals surface area contributed by atoms with Gasteiger partial charge in [0.2, 0.25) is 0 Å². The summed E-state index contributed by atoms with van der Waals surface area (Å²) in [6.07, 6.45) is 5.58. The molecule has 1 saturated carbocycles. The van der Waals surface area contributed by atoms with E-state index in [1.54, 1.807) is 18.3 Å². The summed E-state index contributed by atoms with van der Waals surface area (Å²) in [4.78, 5) is 26.8. The number of nitrogens with zero attached hydrogens (tertiary/aromatic N) is 3. The smallest absolute Gasteiger partial charge is 0.280 e. The molecule has 1 amide bonds. The summed E-state index contributed by atoms with van der Waals surface area (Å²) in [5.41, 5.74) is 6.51. The number of sulfone groups is 1. The number of nitrogens with one attached hydrogen (secondary N) is 1. The Kier molecular flexibility index (Phi) is 7.68. The summed E-state index contributed by atoms with van der Waals surface area (Å²) < 4.78 is 30.4. The van der Waals surface area contributed by atoms with E-state index in [2.05, 4.69) is 20.4 Å². The average Bonchev–Trinajstić information content (AvgIpc) is 3.46. The van der Waals surface area contributed by atoms with Gasteiger partial charge in [-0.05, 0) is 50.9 Å². The molecule has 12 heteroatoms. The van der Waals surface area contributed by atoms with E-state index in [4.69, 9.17) is 15.3 Å². The molecule has 1 aromatic heterocycles. The number of hydrogen-bond acceptors (Lipinski definition) is 10. The molecule has 2 saturated heterocycles. The molecule has 36 heavy (non-hydrogen) atoms. The van der Waals surface area contributed by atoms with Crippen molar-refractivity contribution in [2.45, 2.75) is 60.9 Å². The molecule has 5 rings (SSSR count). The van der Waals surface area contributed by atoms with Crippen LogP contribution in [0.15, 0.2) is 40.5 Å². The monoisotopic (exact) mass is 533 g/mol. The molecule has 1 aromatic carbocycles. The highest BCUT2D eigenvalue weighted by atomic mass is 32.2. The van der Waals surface area contributed by atoms with Crippen molar-refractivity contribution >= 4 is 37.9 Å². The van der Waals surface area contributed by atoms with E-state index in [1.165, 1.54) is 23.5 Å². The van der Waals surface area contributed by atoms with Crippen LogP contribution in [0.25, 0.3) is 0 Å². The molecule has 0 unspecified atom stereocenters. The summed E-state index contributed by atoms with van der Waals surface area (Å²) in [6.45, 7) is 3.66. The Balaban J connectivity index is 1.29. The molecule has 3 aliphatic rings. The van der Waals surface area contributed by atoms with Gasteiger partial charge in [0.05, 0.1) is 23.4 Å². The number of thiazole rings is 1. The van der Waals surface area contributed by atoms with Gasteiger partial charge in [0.15, 0.2) is 26.8 Å². The van der Waals surface area contributed by atoms with Crippen LogP contribution < -0.4 is 11.1 Å². The molecule has 3 N–H and O–H groups in total. The second kappa shape index (κ2) is 10.9. The van der Waals surface area contributed by atoms with Gasteiger partial charge < -0.3 is 15.3 Å². The second-order valence-corrected chi connectivity index (χ2v) is 12.8. The standard InChI is InChI=1S/C24H31N5O5S2/c25-17-7-10-29(11-8-17)14-19-13-26-24(35-19)27-23(30)22(28-34-18-9-12-33-15-18)16-1-3-20(4-2-16)36(31,32)21-5-6-21/h1-4,13,17-18,21H,5-12,14-15,25H2,(H,26,27,30)/b28-22+/t18-/m1/s1. The fourth-order valence-corrected chi connectivity index (χ4v) is 6.75. The molecule has 0 radical (unpaired) electrons. The Bertz CT molecular complexity index is 1200. The van der Waals surface area contributed by atoms with Gasteiger partial charge in [-0.2, -0.15) is 0 Å². The number of nitrogens with two attached hydrogens (primary N) is 1. The van der Waals surface area contributed by atoms with E-state index >= 15 is 0 Å². The maximum Gasteiger partial charge on any atom is 0.280 e. The number of aromatic nitrogens is 1. The van der Waals surface area contributed by atoms with Gasteiger partial charge in [0.25, 0.3) is 5.91 Å². The van der Waals surface area contributed by atoms with Gasteiger partial charge >= 0.3 is 0 Å². The minimum Gasteiger partial charge on any atom is -0.389 e. The molecule has 10 nitrogen and oxygen atoms in total. The van der Waals surface area contributed by atoms with Crippen LogP contribution in [0.4, 0.5) is 5.13 Å². The van der Waals surface area contributed by atoms with Crippen molar-refractivity contribution < 1.29 is 22.8 Å². The molecular weight excluding hydrogens is 502 g/mol. The third kappa shape index (κ3) is 6.12. The third-order valence-electron chi connectivity index (χ3n) is 6.60. The molecule has 2 aliphatic heterocycles. The van der Waals surface area contributed by atoms with Gasteiger partial charge in [0.1, 0.15) is 0 Å². The lowest BCUT2D eigenvalue weighted by Crippen LogP contribution is -2.39. The van der Waals surface area contributed by atoms with Crippen LogP contribution in [0.1, 0.15) is 42.5 Å². The van der Waals surface area contributed by atoms with Crippen molar-refractivity contribution in [1.29, 1.82) is 0 Å². The van der Waals surface area contributed by atoms with E-state index < -0.39 is 15.7 Å². The average molecular weight is 534 g/mol. The number of rotatable bonds is 9. The summed E-state index contributed by atoms with van der Waals surface area (Å²) in [5.74, 6) is -0.475. The van der Waals surface area contributed by atoms with Crippen LogP contribution in [0.5, 0.6) is 0 Å². The Hall–Kier alpha value is -2.38. The van der Waals surface area contributed by atoms with Crippen LogP contribution in [0, 0.1) is 0 Å². The van der Waals surface area contributed by atoms with Crippen molar-refractivity contribution in [3.8, 4) is 0 Å². The van der Waals surface area contributed by atoms with E-state index in [0.717, 1.165) is 37.4 Å². The minimum atomic E-state index is -3.32. The lowest BCUT2D eigenvalue weighted by atomic mass is 10.1. The molecule has 3 fully saturated rings. The van der Waals surface area contributed by atoms with Gasteiger partial charge in [0, 0.05) is 35.6 Å². The van der Waals surface area contributed by atoms with E-state index in [0.29, 0.717) is 43.2 Å². The van der Waals surface area contributed by atoms with Crippen molar-refractivity contribution in [3.05, 3.63) is 40.9 Å². The predicted octanol–water partition coefficient (Wildman–Crippen LogP) is 2.15. The molecule has 0 bridgehead atoms. The molecule has 0 spiro atoms. The van der Waals surface area contributed by atoms with Crippen molar-refractivity contribution in [2.24, 2.45) is 10.9 Å². The quantitative estimate of drug-likeness (QED) is 0.370. The fourth-order valence-electron chi connectivity index (χ4n) is 4.25. The highest BCUT2D eigenvalue weighted by molar-refractivity contribution is 7.92. The maximum atomic E-state index is 13.2. The summed E-state index contributed by atoms with van der Waals surface area (Å²) in [6, 6.07) is 6.51. The number of ether oxygens (including phenoxy) is 1. The minimum absolute atomic E-state index is 0.0547. The topological polar surface area (TPSA) is 136 Å². The molecular formula is C24H31N5O5S2. The zero-order valence-corrected chi connectivity index (χ0v) is 21.6. The largest absolute Gasteiger partial charge is 0.389 e. The number of benzene rings is 1. The molecule has 3 heterocycles. The first-order valence-corrected chi connectivity index (χ1v) is 14.6. The number of anilines is 1. The van der Waals surface area contributed by atoms with Crippen molar-refractivity contribution in [1.82, 2.24) is 9.88 Å². The zero-order valence-electron chi connectivity index (χ0n) is 20.0.